The molecule has 1 atom stereocenters. The minimum Gasteiger partial charge on any atom is -0.497 e. The van der Waals surface area contributed by atoms with E-state index in [0.29, 0.717) is 0 Å². The van der Waals surface area contributed by atoms with Crippen molar-refractivity contribution < 1.29 is 9.47 Å². The van der Waals surface area contributed by atoms with Crippen molar-refractivity contribution in [1.29, 1.82) is 0 Å². The number of hydrogen-bond acceptors (Lipinski definition) is 3. The van der Waals surface area contributed by atoms with Crippen LogP contribution in [-0.2, 0) is 11.2 Å². The third-order valence-corrected chi connectivity index (χ3v) is 2.98. The minimum atomic E-state index is 0.0591. The quantitative estimate of drug-likeness (QED) is 0.738. The highest BCUT2D eigenvalue weighted by atomic mass is 16.5. The van der Waals surface area contributed by atoms with E-state index >= 15 is 0 Å². The van der Waals surface area contributed by atoms with Gasteiger partial charge < -0.3 is 9.47 Å². The fourth-order valence-electron chi connectivity index (χ4n) is 2.12. The van der Waals surface area contributed by atoms with Gasteiger partial charge in [-0.2, -0.15) is 0 Å². The number of hydrogen-bond donors (Lipinski definition) is 0. The van der Waals surface area contributed by atoms with Crippen LogP contribution in [0.15, 0.2) is 18.2 Å². The molecule has 0 amide bonds. The van der Waals surface area contributed by atoms with Crippen LogP contribution in [0.1, 0.15) is 17.4 Å². The van der Waals surface area contributed by atoms with Gasteiger partial charge >= 0.3 is 0 Å². The van der Waals surface area contributed by atoms with Crippen molar-refractivity contribution in [2.45, 2.75) is 12.6 Å². The minimum absolute atomic E-state index is 0.0591. The molecule has 1 aliphatic heterocycles. The number of fused-ring (bicyclic) bond motifs is 1. The summed E-state index contributed by atoms with van der Waals surface area (Å²) >= 11 is 0. The average Bonchev–Trinajstić information content (AvgIpc) is 2.28. The molecule has 0 radical (unpaired) electrons. The van der Waals surface area contributed by atoms with Crippen molar-refractivity contribution in [3.63, 3.8) is 0 Å². The molecule has 0 saturated heterocycles. The molecule has 0 bridgehead atoms. The maximum Gasteiger partial charge on any atom is 0.136 e. The first-order chi connectivity index (χ1) is 7.26. The lowest BCUT2D eigenvalue weighted by Crippen LogP contribution is -2.33. The van der Waals surface area contributed by atoms with Crippen LogP contribution in [0, 0.1) is 0 Å². The van der Waals surface area contributed by atoms with E-state index < -0.39 is 0 Å². The summed E-state index contributed by atoms with van der Waals surface area (Å²) in [5.74, 6) is 0.895. The molecule has 1 aliphatic rings. The molecule has 1 aromatic rings. The highest BCUT2D eigenvalue weighted by Gasteiger charge is 2.24. The Hall–Kier alpha value is -1.06. The van der Waals surface area contributed by atoms with Gasteiger partial charge in [0.15, 0.2) is 0 Å². The van der Waals surface area contributed by atoms with Gasteiger partial charge in [-0.05, 0) is 31.2 Å². The Labute approximate surface area is 90.6 Å². The normalized spacial score (nSPS) is 21.1. The van der Waals surface area contributed by atoms with Crippen LogP contribution in [0.3, 0.4) is 0 Å². The first kappa shape index (κ1) is 10.5. The zero-order valence-corrected chi connectivity index (χ0v) is 9.49. The molecule has 1 unspecified atom stereocenters. The van der Waals surface area contributed by atoms with Crippen molar-refractivity contribution in [3.8, 4) is 5.75 Å². The predicted molar refractivity (Wildman–Crippen MR) is 59.1 cm³/mol. The fraction of sp³-hybridized carbons (Fsp3) is 0.500. The van der Waals surface area contributed by atoms with E-state index in [1.807, 2.05) is 6.07 Å². The topological polar surface area (TPSA) is 21.7 Å². The Bertz CT molecular complexity index is 351. The van der Waals surface area contributed by atoms with Crippen molar-refractivity contribution in [3.05, 3.63) is 29.3 Å². The highest BCUT2D eigenvalue weighted by Crippen LogP contribution is 2.31. The maximum atomic E-state index is 5.50. The van der Waals surface area contributed by atoms with Gasteiger partial charge in [0.2, 0.25) is 0 Å². The lowest BCUT2D eigenvalue weighted by Gasteiger charge is -2.33. The largest absolute Gasteiger partial charge is 0.497 e. The average molecular weight is 207 g/mol. The van der Waals surface area contributed by atoms with Crippen molar-refractivity contribution in [2.75, 3.05) is 27.8 Å². The second-order valence-corrected chi connectivity index (χ2v) is 3.88. The van der Waals surface area contributed by atoms with Crippen molar-refractivity contribution in [1.82, 2.24) is 4.90 Å². The number of ether oxygens (including phenoxy) is 2. The van der Waals surface area contributed by atoms with Crippen LogP contribution < -0.4 is 4.74 Å². The lowest BCUT2D eigenvalue weighted by molar-refractivity contribution is -0.0267. The van der Waals surface area contributed by atoms with Crippen LogP contribution in [0.2, 0.25) is 0 Å². The molecule has 0 N–H and O–H groups in total. The standard InChI is InChI=1S/C12H17NO2/c1-13-7-6-9-4-5-10(14-2)8-11(9)12(13)15-3/h4-5,8,12H,6-7H2,1-3H3. The monoisotopic (exact) mass is 207 g/mol. The van der Waals surface area contributed by atoms with E-state index in [9.17, 15) is 0 Å². The predicted octanol–water partition coefficient (Wildman–Crippen LogP) is 1.83. The number of benzene rings is 1. The molecule has 0 fully saturated rings. The van der Waals surface area contributed by atoms with E-state index in [-0.39, 0.29) is 6.23 Å². The summed E-state index contributed by atoms with van der Waals surface area (Å²) in [6.45, 7) is 1.04. The van der Waals surface area contributed by atoms with Crippen molar-refractivity contribution in [2.24, 2.45) is 0 Å². The Balaban J connectivity index is 2.41. The van der Waals surface area contributed by atoms with E-state index in [2.05, 4.69) is 24.1 Å². The first-order valence-electron chi connectivity index (χ1n) is 5.16. The number of nitrogens with zero attached hydrogens (tertiary/aromatic N) is 1. The molecular weight excluding hydrogens is 190 g/mol. The molecule has 15 heavy (non-hydrogen) atoms. The van der Waals surface area contributed by atoms with Crippen LogP contribution in [-0.4, -0.2) is 32.7 Å². The summed E-state index contributed by atoms with van der Waals surface area (Å²) in [6.07, 6.45) is 1.14. The van der Waals surface area contributed by atoms with Gasteiger partial charge in [-0.25, -0.2) is 0 Å². The molecule has 0 aromatic heterocycles. The maximum absolute atomic E-state index is 5.50. The lowest BCUT2D eigenvalue weighted by atomic mass is 9.98. The molecule has 1 aromatic carbocycles. The summed E-state index contributed by atoms with van der Waals surface area (Å²) in [5, 5.41) is 0. The molecule has 82 valence electrons. The van der Waals surface area contributed by atoms with Gasteiger partial charge in [-0.1, -0.05) is 6.07 Å². The first-order valence-corrected chi connectivity index (χ1v) is 5.16. The van der Waals surface area contributed by atoms with Gasteiger partial charge in [-0.3, -0.25) is 4.90 Å². The third kappa shape index (κ3) is 1.85. The van der Waals surface area contributed by atoms with E-state index in [1.54, 1.807) is 14.2 Å². The molecule has 1 heterocycles. The van der Waals surface area contributed by atoms with Gasteiger partial charge in [0.1, 0.15) is 12.0 Å². The van der Waals surface area contributed by atoms with Crippen LogP contribution in [0.5, 0.6) is 5.75 Å². The second-order valence-electron chi connectivity index (χ2n) is 3.88. The number of likely N-dealkylation sites (N-methyl/N-ethyl adjacent to an activating group) is 1. The Morgan fingerprint density at radius 1 is 1.33 bits per heavy atom. The van der Waals surface area contributed by atoms with Gasteiger partial charge in [0.25, 0.3) is 0 Å². The number of methoxy groups -OCH3 is 2. The molecule has 3 heteroatoms. The Kier molecular flexibility index (Phi) is 2.93. The third-order valence-electron chi connectivity index (χ3n) is 2.98. The number of rotatable bonds is 2. The molecule has 0 aliphatic carbocycles. The zero-order valence-electron chi connectivity index (χ0n) is 9.49. The molecule has 0 saturated carbocycles. The van der Waals surface area contributed by atoms with Crippen LogP contribution in [0.25, 0.3) is 0 Å². The zero-order chi connectivity index (χ0) is 10.8. The van der Waals surface area contributed by atoms with Crippen LogP contribution >= 0.6 is 0 Å². The fourth-order valence-corrected chi connectivity index (χ4v) is 2.12. The van der Waals surface area contributed by atoms with Crippen LogP contribution in [0.4, 0.5) is 0 Å². The highest BCUT2D eigenvalue weighted by molar-refractivity contribution is 5.38. The summed E-state index contributed by atoms with van der Waals surface area (Å²) in [5.41, 5.74) is 2.59. The summed E-state index contributed by atoms with van der Waals surface area (Å²) in [7, 11) is 5.52. The van der Waals surface area contributed by atoms with Crippen molar-refractivity contribution >= 4 is 0 Å². The summed E-state index contributed by atoms with van der Waals surface area (Å²) < 4.78 is 10.7. The van der Waals surface area contributed by atoms with Gasteiger partial charge in [0.05, 0.1) is 7.11 Å². The second kappa shape index (κ2) is 4.21. The van der Waals surface area contributed by atoms with Gasteiger partial charge in [0, 0.05) is 19.2 Å². The Morgan fingerprint density at radius 3 is 2.80 bits per heavy atom. The molecular formula is C12H17NO2. The summed E-state index contributed by atoms with van der Waals surface area (Å²) in [4.78, 5) is 2.21. The molecule has 0 spiro atoms. The van der Waals surface area contributed by atoms with E-state index in [1.165, 1.54) is 11.1 Å². The van der Waals surface area contributed by atoms with E-state index in [0.717, 1.165) is 18.7 Å². The SMILES string of the molecule is COc1ccc2c(c1)C(OC)N(C)CC2. The van der Waals surface area contributed by atoms with Gasteiger partial charge in [-0.15, -0.1) is 0 Å². The Morgan fingerprint density at radius 2 is 2.13 bits per heavy atom. The molecule has 2 rings (SSSR count). The van der Waals surface area contributed by atoms with E-state index in [4.69, 9.17) is 9.47 Å². The molecule has 3 nitrogen and oxygen atoms in total. The summed E-state index contributed by atoms with van der Waals surface area (Å²) in [6, 6.07) is 6.21. The smallest absolute Gasteiger partial charge is 0.136 e.